The SMILES string of the molecule is O=C(COc1ccc(Cl)cc1)Nc1c2c(nn1-c1ccccc1)CS(=O)(=O)C2. The van der Waals surface area contributed by atoms with Gasteiger partial charge in [-0.1, -0.05) is 29.8 Å². The molecule has 0 fully saturated rings. The number of rotatable bonds is 5. The number of nitrogens with one attached hydrogen (secondary N) is 1. The summed E-state index contributed by atoms with van der Waals surface area (Å²) in [7, 11) is -3.25. The van der Waals surface area contributed by atoms with Crippen LogP contribution in [0, 0.1) is 0 Å². The molecule has 3 aromatic rings. The van der Waals surface area contributed by atoms with Crippen LogP contribution in [0.15, 0.2) is 54.6 Å². The first-order chi connectivity index (χ1) is 13.4. The smallest absolute Gasteiger partial charge is 0.263 e. The van der Waals surface area contributed by atoms with Crippen molar-refractivity contribution < 1.29 is 17.9 Å². The quantitative estimate of drug-likeness (QED) is 0.689. The van der Waals surface area contributed by atoms with Crippen molar-refractivity contribution in [3.05, 3.63) is 70.9 Å². The Balaban J connectivity index is 1.57. The number of para-hydroxylation sites is 1. The Bertz CT molecular complexity index is 1130. The molecule has 2 heterocycles. The number of amides is 1. The van der Waals surface area contributed by atoms with Gasteiger partial charge in [0.15, 0.2) is 16.4 Å². The number of halogens is 1. The number of aromatic nitrogens is 2. The van der Waals surface area contributed by atoms with Gasteiger partial charge in [-0.2, -0.15) is 5.10 Å². The molecule has 7 nitrogen and oxygen atoms in total. The molecule has 9 heteroatoms. The summed E-state index contributed by atoms with van der Waals surface area (Å²) >= 11 is 5.83. The lowest BCUT2D eigenvalue weighted by Gasteiger charge is -2.11. The van der Waals surface area contributed by atoms with E-state index in [0.717, 1.165) is 5.69 Å². The van der Waals surface area contributed by atoms with Crippen LogP contribution in [-0.4, -0.2) is 30.7 Å². The zero-order valence-electron chi connectivity index (χ0n) is 14.6. The first kappa shape index (κ1) is 18.5. The Labute approximate surface area is 166 Å². The number of anilines is 1. The van der Waals surface area contributed by atoms with Crippen LogP contribution in [0.5, 0.6) is 5.75 Å². The topological polar surface area (TPSA) is 90.3 Å². The van der Waals surface area contributed by atoms with Crippen molar-refractivity contribution in [2.24, 2.45) is 0 Å². The Hall–Kier alpha value is -2.84. The maximum atomic E-state index is 12.4. The van der Waals surface area contributed by atoms with Crippen molar-refractivity contribution in [2.45, 2.75) is 11.5 Å². The molecule has 4 rings (SSSR count). The van der Waals surface area contributed by atoms with Crippen LogP contribution >= 0.6 is 11.6 Å². The molecule has 0 atom stereocenters. The summed E-state index contributed by atoms with van der Waals surface area (Å²) in [5, 5.41) is 7.73. The number of ether oxygens (including phenoxy) is 1. The molecule has 2 aromatic carbocycles. The van der Waals surface area contributed by atoms with Gasteiger partial charge < -0.3 is 10.1 Å². The molecule has 0 radical (unpaired) electrons. The summed E-state index contributed by atoms with van der Waals surface area (Å²) in [6.07, 6.45) is 0. The number of carbonyl (C=O) groups excluding carboxylic acids is 1. The molecule has 0 saturated heterocycles. The van der Waals surface area contributed by atoms with E-state index in [9.17, 15) is 13.2 Å². The van der Waals surface area contributed by atoms with Crippen LogP contribution in [0.25, 0.3) is 5.69 Å². The zero-order valence-corrected chi connectivity index (χ0v) is 16.2. The van der Waals surface area contributed by atoms with Crippen LogP contribution in [0.2, 0.25) is 5.02 Å². The summed E-state index contributed by atoms with van der Waals surface area (Å²) < 4.78 is 31.0. The van der Waals surface area contributed by atoms with Crippen LogP contribution in [-0.2, 0) is 26.1 Å². The predicted octanol–water partition coefficient (Wildman–Crippen LogP) is 2.97. The first-order valence-corrected chi connectivity index (χ1v) is 10.7. The van der Waals surface area contributed by atoms with Crippen molar-refractivity contribution >= 4 is 33.2 Å². The van der Waals surface area contributed by atoms with E-state index in [1.54, 1.807) is 28.9 Å². The summed E-state index contributed by atoms with van der Waals surface area (Å²) in [4.78, 5) is 12.4. The molecule has 1 aliphatic heterocycles. The van der Waals surface area contributed by atoms with E-state index in [-0.39, 0.29) is 18.1 Å². The number of fused-ring (bicyclic) bond motifs is 1. The lowest BCUT2D eigenvalue weighted by molar-refractivity contribution is -0.118. The Morgan fingerprint density at radius 1 is 1.11 bits per heavy atom. The fourth-order valence-corrected chi connectivity index (χ4v) is 4.59. The van der Waals surface area contributed by atoms with Gasteiger partial charge in [-0.15, -0.1) is 0 Å². The van der Waals surface area contributed by atoms with Gasteiger partial charge in [0, 0.05) is 10.6 Å². The minimum absolute atomic E-state index is 0.133. The molecule has 1 aliphatic rings. The number of hydrogen-bond acceptors (Lipinski definition) is 5. The second-order valence-electron chi connectivity index (χ2n) is 6.34. The summed E-state index contributed by atoms with van der Waals surface area (Å²) in [6.45, 7) is -0.233. The Kier molecular flexibility index (Phi) is 4.82. The maximum Gasteiger partial charge on any atom is 0.263 e. The molecule has 1 amide bonds. The highest BCUT2D eigenvalue weighted by atomic mass is 35.5. The number of hydrogen-bond donors (Lipinski definition) is 1. The minimum atomic E-state index is -3.25. The van der Waals surface area contributed by atoms with E-state index in [1.807, 2.05) is 30.3 Å². The van der Waals surface area contributed by atoms with E-state index in [2.05, 4.69) is 10.4 Å². The van der Waals surface area contributed by atoms with E-state index in [0.29, 0.717) is 27.8 Å². The highest BCUT2D eigenvalue weighted by Crippen LogP contribution is 2.32. The lowest BCUT2D eigenvalue weighted by Crippen LogP contribution is -2.22. The summed E-state index contributed by atoms with van der Waals surface area (Å²) in [5.41, 5.74) is 1.70. The van der Waals surface area contributed by atoms with Crippen molar-refractivity contribution in [3.63, 3.8) is 0 Å². The average molecular weight is 418 g/mol. The molecule has 0 spiro atoms. The van der Waals surface area contributed by atoms with Gasteiger partial charge in [0.2, 0.25) is 0 Å². The maximum absolute atomic E-state index is 12.4. The fraction of sp³-hybridized carbons (Fsp3) is 0.158. The van der Waals surface area contributed by atoms with Gasteiger partial charge in [-0.3, -0.25) is 4.79 Å². The van der Waals surface area contributed by atoms with Gasteiger partial charge in [0.05, 0.1) is 22.9 Å². The summed E-state index contributed by atoms with van der Waals surface area (Å²) in [5.74, 6) is 0.157. The van der Waals surface area contributed by atoms with E-state index >= 15 is 0 Å². The van der Waals surface area contributed by atoms with Crippen molar-refractivity contribution in [1.82, 2.24) is 9.78 Å². The van der Waals surface area contributed by atoms with Gasteiger partial charge in [-0.05, 0) is 36.4 Å². The number of nitrogens with zero attached hydrogens (tertiary/aromatic N) is 2. The van der Waals surface area contributed by atoms with Crippen molar-refractivity contribution in [3.8, 4) is 11.4 Å². The van der Waals surface area contributed by atoms with Gasteiger partial charge in [0.25, 0.3) is 5.91 Å². The van der Waals surface area contributed by atoms with Gasteiger partial charge in [0.1, 0.15) is 11.6 Å². The van der Waals surface area contributed by atoms with Crippen molar-refractivity contribution in [1.29, 1.82) is 0 Å². The first-order valence-electron chi connectivity index (χ1n) is 8.46. The lowest BCUT2D eigenvalue weighted by atomic mass is 10.2. The molecular weight excluding hydrogens is 402 g/mol. The normalized spacial score (nSPS) is 14.5. The van der Waals surface area contributed by atoms with Gasteiger partial charge in [-0.25, -0.2) is 13.1 Å². The zero-order chi connectivity index (χ0) is 19.7. The highest BCUT2D eigenvalue weighted by molar-refractivity contribution is 7.90. The molecule has 0 aliphatic carbocycles. The molecule has 1 N–H and O–H groups in total. The Morgan fingerprint density at radius 3 is 2.54 bits per heavy atom. The standard InChI is InChI=1S/C19H16ClN3O4S/c20-13-6-8-15(9-7-13)27-10-18(24)21-19-16-11-28(25,26)12-17(16)22-23(19)14-4-2-1-3-5-14/h1-9H,10-12H2,(H,21,24). The third-order valence-corrected chi connectivity index (χ3v) is 5.92. The van der Waals surface area contributed by atoms with Crippen LogP contribution in [0.4, 0.5) is 5.82 Å². The van der Waals surface area contributed by atoms with Crippen LogP contribution in [0.3, 0.4) is 0 Å². The van der Waals surface area contributed by atoms with Crippen LogP contribution in [0.1, 0.15) is 11.3 Å². The second kappa shape index (κ2) is 7.29. The monoisotopic (exact) mass is 417 g/mol. The number of benzene rings is 2. The van der Waals surface area contributed by atoms with E-state index < -0.39 is 15.7 Å². The highest BCUT2D eigenvalue weighted by Gasteiger charge is 2.33. The largest absolute Gasteiger partial charge is 0.484 e. The molecule has 144 valence electrons. The second-order valence-corrected chi connectivity index (χ2v) is 8.85. The third kappa shape index (κ3) is 3.88. The summed E-state index contributed by atoms with van der Waals surface area (Å²) in [6, 6.07) is 15.9. The predicted molar refractivity (Wildman–Crippen MR) is 105 cm³/mol. The fourth-order valence-electron chi connectivity index (χ4n) is 2.97. The molecule has 0 unspecified atom stereocenters. The molecular formula is C19H16ClN3O4S. The number of carbonyl (C=O) groups is 1. The number of sulfone groups is 1. The Morgan fingerprint density at radius 2 is 1.82 bits per heavy atom. The molecule has 1 aromatic heterocycles. The average Bonchev–Trinajstić information content (AvgIpc) is 3.14. The van der Waals surface area contributed by atoms with Crippen molar-refractivity contribution in [2.75, 3.05) is 11.9 Å². The van der Waals surface area contributed by atoms with Crippen LogP contribution < -0.4 is 10.1 Å². The minimum Gasteiger partial charge on any atom is -0.484 e. The van der Waals surface area contributed by atoms with E-state index in [4.69, 9.17) is 16.3 Å². The molecule has 0 saturated carbocycles. The third-order valence-electron chi connectivity index (χ3n) is 4.23. The van der Waals surface area contributed by atoms with Gasteiger partial charge >= 0.3 is 0 Å². The molecule has 0 bridgehead atoms. The van der Waals surface area contributed by atoms with E-state index in [1.165, 1.54) is 0 Å². The molecule has 28 heavy (non-hydrogen) atoms.